The second kappa shape index (κ2) is 7.30. The summed E-state index contributed by atoms with van der Waals surface area (Å²) in [7, 11) is 0. The normalized spacial score (nSPS) is 10.4. The van der Waals surface area contributed by atoms with Crippen LogP contribution in [0.5, 0.6) is 0 Å². The number of benzene rings is 2. The number of hydrogen-bond acceptors (Lipinski definition) is 2. The summed E-state index contributed by atoms with van der Waals surface area (Å²) in [5.74, 6) is -0.358. The minimum absolute atomic E-state index is 0.00555. The molecule has 2 amide bonds. The molecule has 4 heteroatoms. The topological polar surface area (TPSA) is 49.4 Å². The van der Waals surface area contributed by atoms with Gasteiger partial charge in [-0.2, -0.15) is 0 Å². The van der Waals surface area contributed by atoms with Gasteiger partial charge in [0.25, 0.3) is 0 Å². The largest absolute Gasteiger partial charge is 0.324 e. The van der Waals surface area contributed by atoms with E-state index in [0.29, 0.717) is 0 Å². The predicted molar refractivity (Wildman–Crippen MR) is 98.5 cm³/mol. The van der Waals surface area contributed by atoms with Crippen molar-refractivity contribution in [1.29, 1.82) is 0 Å². The Morgan fingerprint density at radius 3 is 2.08 bits per heavy atom. The van der Waals surface area contributed by atoms with Crippen LogP contribution < -0.4 is 10.2 Å². The van der Waals surface area contributed by atoms with Gasteiger partial charge in [0.1, 0.15) is 6.54 Å². The molecular weight excluding hydrogens is 300 g/mol. The van der Waals surface area contributed by atoms with E-state index in [1.54, 1.807) is 0 Å². The molecule has 0 saturated carbocycles. The van der Waals surface area contributed by atoms with Crippen LogP contribution >= 0.6 is 0 Å². The Morgan fingerprint density at radius 1 is 0.958 bits per heavy atom. The third kappa shape index (κ3) is 4.02. The molecule has 2 aromatic carbocycles. The first kappa shape index (κ1) is 17.7. The van der Waals surface area contributed by atoms with Crippen molar-refractivity contribution in [2.75, 3.05) is 16.8 Å². The molecule has 0 atom stereocenters. The zero-order valence-corrected chi connectivity index (χ0v) is 14.9. The number of nitrogens with zero attached hydrogens (tertiary/aromatic N) is 1. The fourth-order valence-corrected chi connectivity index (χ4v) is 2.99. The number of para-hydroxylation sites is 1. The van der Waals surface area contributed by atoms with Gasteiger partial charge in [-0.05, 0) is 50.5 Å². The maximum absolute atomic E-state index is 12.4. The van der Waals surface area contributed by atoms with Crippen LogP contribution in [0.15, 0.2) is 36.4 Å². The number of aryl methyl sites for hydroxylation is 4. The van der Waals surface area contributed by atoms with Gasteiger partial charge >= 0.3 is 0 Å². The Morgan fingerprint density at radius 2 is 1.54 bits per heavy atom. The first-order chi connectivity index (χ1) is 11.3. The fourth-order valence-electron chi connectivity index (χ4n) is 2.99. The van der Waals surface area contributed by atoms with Gasteiger partial charge in [-0.3, -0.25) is 9.59 Å². The number of anilines is 2. The lowest BCUT2D eigenvalue weighted by atomic mass is 10.0. The summed E-state index contributed by atoms with van der Waals surface area (Å²) < 4.78 is 0. The molecule has 0 aromatic heterocycles. The smallest absolute Gasteiger partial charge is 0.244 e. The highest BCUT2D eigenvalue weighted by Gasteiger charge is 2.20. The van der Waals surface area contributed by atoms with Crippen LogP contribution in [0, 0.1) is 27.7 Å². The van der Waals surface area contributed by atoms with Gasteiger partial charge in [0.05, 0.1) is 5.69 Å². The molecule has 0 saturated heterocycles. The van der Waals surface area contributed by atoms with Crippen LogP contribution in [0.2, 0.25) is 0 Å². The summed E-state index contributed by atoms with van der Waals surface area (Å²) in [5, 5.41) is 2.88. The Bertz CT molecular complexity index is 758. The van der Waals surface area contributed by atoms with Gasteiger partial charge in [-0.25, -0.2) is 0 Å². The van der Waals surface area contributed by atoms with Crippen molar-refractivity contribution < 1.29 is 9.59 Å². The third-order valence-corrected chi connectivity index (χ3v) is 4.01. The summed E-state index contributed by atoms with van der Waals surface area (Å²) in [6.07, 6.45) is 0. The second-order valence-electron chi connectivity index (χ2n) is 6.22. The Balaban J connectivity index is 2.25. The molecule has 0 aliphatic rings. The van der Waals surface area contributed by atoms with Gasteiger partial charge < -0.3 is 10.2 Å². The van der Waals surface area contributed by atoms with Gasteiger partial charge in [-0.1, -0.05) is 35.9 Å². The highest BCUT2D eigenvalue weighted by Crippen LogP contribution is 2.26. The highest BCUT2D eigenvalue weighted by molar-refractivity contribution is 6.02. The second-order valence-corrected chi connectivity index (χ2v) is 6.22. The van der Waals surface area contributed by atoms with Crippen molar-refractivity contribution in [3.63, 3.8) is 0 Å². The predicted octanol–water partition coefficient (Wildman–Crippen LogP) is 3.91. The summed E-state index contributed by atoms with van der Waals surface area (Å²) in [4.78, 5) is 26.1. The maximum atomic E-state index is 12.4. The Labute approximate surface area is 143 Å². The lowest BCUT2D eigenvalue weighted by molar-refractivity contribution is -0.120. The molecule has 0 aliphatic carbocycles. The van der Waals surface area contributed by atoms with E-state index >= 15 is 0 Å². The number of rotatable bonds is 4. The minimum atomic E-state index is -0.209. The van der Waals surface area contributed by atoms with Gasteiger partial charge in [0.15, 0.2) is 0 Å². The molecule has 1 N–H and O–H groups in total. The molecule has 0 fully saturated rings. The average Bonchev–Trinajstić information content (AvgIpc) is 2.47. The van der Waals surface area contributed by atoms with Crippen molar-refractivity contribution in [1.82, 2.24) is 0 Å². The lowest BCUT2D eigenvalue weighted by Gasteiger charge is -2.25. The van der Waals surface area contributed by atoms with Crippen LogP contribution in [0.25, 0.3) is 0 Å². The number of nitrogens with one attached hydrogen (secondary N) is 1. The summed E-state index contributed by atoms with van der Waals surface area (Å²) >= 11 is 0. The third-order valence-electron chi connectivity index (χ3n) is 4.01. The number of amides is 2. The number of carbonyl (C=O) groups is 2. The molecule has 0 bridgehead atoms. The first-order valence-corrected chi connectivity index (χ1v) is 8.01. The van der Waals surface area contributed by atoms with E-state index in [9.17, 15) is 9.59 Å². The van der Waals surface area contributed by atoms with Crippen molar-refractivity contribution in [2.45, 2.75) is 34.6 Å². The molecule has 0 unspecified atom stereocenters. The van der Waals surface area contributed by atoms with Gasteiger partial charge in [-0.15, -0.1) is 0 Å². The van der Waals surface area contributed by atoms with Gasteiger partial charge in [0.2, 0.25) is 11.8 Å². The monoisotopic (exact) mass is 324 g/mol. The van der Waals surface area contributed by atoms with E-state index in [1.807, 2.05) is 64.1 Å². The van der Waals surface area contributed by atoms with E-state index in [-0.39, 0.29) is 18.4 Å². The maximum Gasteiger partial charge on any atom is 0.244 e. The SMILES string of the molecule is CC(=O)N(CC(=O)Nc1ccccc1C)c1c(C)cc(C)cc1C. The van der Waals surface area contributed by atoms with Crippen molar-refractivity contribution >= 4 is 23.2 Å². The zero-order chi connectivity index (χ0) is 17.9. The average molecular weight is 324 g/mol. The van der Waals surface area contributed by atoms with E-state index in [2.05, 4.69) is 5.32 Å². The van der Waals surface area contributed by atoms with E-state index < -0.39 is 0 Å². The zero-order valence-electron chi connectivity index (χ0n) is 14.9. The molecular formula is C20H24N2O2. The molecule has 2 aromatic rings. The number of carbonyl (C=O) groups excluding carboxylic acids is 2. The molecule has 0 spiro atoms. The molecule has 4 nitrogen and oxygen atoms in total. The van der Waals surface area contributed by atoms with Crippen LogP contribution in [0.3, 0.4) is 0 Å². The van der Waals surface area contributed by atoms with Crippen LogP contribution in [0.4, 0.5) is 11.4 Å². The standard InChI is InChI=1S/C20H24N2O2/c1-13-10-15(3)20(16(4)11-13)22(17(5)23)12-19(24)21-18-9-7-6-8-14(18)2/h6-11H,12H2,1-5H3,(H,21,24). The van der Waals surface area contributed by atoms with Gasteiger partial charge in [0, 0.05) is 12.6 Å². The molecule has 24 heavy (non-hydrogen) atoms. The van der Waals surface area contributed by atoms with E-state index in [4.69, 9.17) is 0 Å². The summed E-state index contributed by atoms with van der Waals surface area (Å²) in [5.41, 5.74) is 5.69. The lowest BCUT2D eigenvalue weighted by Crippen LogP contribution is -2.37. The Hall–Kier alpha value is -2.62. The van der Waals surface area contributed by atoms with E-state index in [0.717, 1.165) is 33.6 Å². The molecule has 0 heterocycles. The molecule has 126 valence electrons. The fraction of sp³-hybridized carbons (Fsp3) is 0.300. The van der Waals surface area contributed by atoms with E-state index in [1.165, 1.54) is 11.8 Å². The van der Waals surface area contributed by atoms with Crippen molar-refractivity contribution in [3.8, 4) is 0 Å². The minimum Gasteiger partial charge on any atom is -0.324 e. The Kier molecular flexibility index (Phi) is 5.39. The summed E-state index contributed by atoms with van der Waals surface area (Å²) in [6, 6.07) is 11.6. The first-order valence-electron chi connectivity index (χ1n) is 8.01. The summed E-state index contributed by atoms with van der Waals surface area (Å²) in [6.45, 7) is 9.36. The van der Waals surface area contributed by atoms with Crippen LogP contribution in [0.1, 0.15) is 29.2 Å². The number of hydrogen-bond donors (Lipinski definition) is 1. The van der Waals surface area contributed by atoms with Crippen molar-refractivity contribution in [2.24, 2.45) is 0 Å². The quantitative estimate of drug-likeness (QED) is 0.927. The van der Waals surface area contributed by atoms with Crippen LogP contribution in [-0.4, -0.2) is 18.4 Å². The molecule has 2 rings (SSSR count). The highest BCUT2D eigenvalue weighted by atomic mass is 16.2. The molecule has 0 aliphatic heterocycles. The van der Waals surface area contributed by atoms with Crippen molar-refractivity contribution in [3.05, 3.63) is 58.7 Å². The molecule has 0 radical (unpaired) electrons. The van der Waals surface area contributed by atoms with Crippen LogP contribution in [-0.2, 0) is 9.59 Å².